The van der Waals surface area contributed by atoms with E-state index in [0.29, 0.717) is 30.0 Å². The molecule has 1 aromatic heterocycles. The standard InChI is InChI=1S/C39H44N8O11S/c1-5-40-28-16-31-26(14-22(28)3)36(27-15-23(4)29(41-6-2)17-32(27)58-31)24-10-7-8-11-25(24)39(53)57-21-34(48)42-12-9-13-47-20-30(45-46-47)37(51)43-18-33(59(54,55)56)38(52)44-19-35(49)50/h7-8,10-11,14-17,20,33,40H,5-6,9,12-13,18-19,21H2,1-4H3,(H,42,48)(H,43,51)(H,44,52)(H,49,50)(H,54,55,56)/p-1. The van der Waals surface area contributed by atoms with Crippen molar-refractivity contribution in [3.63, 3.8) is 0 Å². The van der Waals surface area contributed by atoms with Crippen LogP contribution in [-0.4, -0.2) is 107 Å². The number of aliphatic carboxylic acids is 1. The van der Waals surface area contributed by atoms with Gasteiger partial charge in [0, 0.05) is 67.1 Å². The largest absolute Gasteiger partial charge is 0.860 e. The molecule has 1 atom stereocenters. The summed E-state index contributed by atoms with van der Waals surface area (Å²) in [6.07, 6.45) is 1.49. The number of hydrogen-bond donors (Lipinski definition) is 5. The third-order valence-electron chi connectivity index (χ3n) is 8.94. The van der Waals surface area contributed by atoms with Crippen molar-refractivity contribution in [2.75, 3.05) is 44.6 Å². The highest BCUT2D eigenvalue weighted by Crippen LogP contribution is 2.43. The number of hydrogen-bond acceptors (Lipinski definition) is 14. The van der Waals surface area contributed by atoms with Crippen molar-refractivity contribution in [1.29, 1.82) is 0 Å². The van der Waals surface area contributed by atoms with E-state index in [1.165, 1.54) is 10.9 Å². The Hall–Kier alpha value is -6.67. The Bertz CT molecular complexity index is 2570. The Labute approximate surface area is 338 Å². The number of aliphatic imine (C=N–C) groups is 1. The average Bonchev–Trinajstić information content (AvgIpc) is 3.67. The van der Waals surface area contributed by atoms with Gasteiger partial charge in [-0.05, 0) is 74.9 Å². The number of aromatic nitrogens is 3. The highest BCUT2D eigenvalue weighted by molar-refractivity contribution is 7.87. The van der Waals surface area contributed by atoms with Crippen molar-refractivity contribution < 1.29 is 51.5 Å². The van der Waals surface area contributed by atoms with Gasteiger partial charge in [-0.1, -0.05) is 23.4 Å². The molecule has 2 aromatic carbocycles. The average molecular weight is 832 g/mol. The van der Waals surface area contributed by atoms with Crippen LogP contribution in [0.1, 0.15) is 52.2 Å². The summed E-state index contributed by atoms with van der Waals surface area (Å²) in [5.74, 6) is -4.52. The molecule has 0 saturated heterocycles. The molecule has 19 nitrogen and oxygen atoms in total. The van der Waals surface area contributed by atoms with E-state index < -0.39 is 64.7 Å². The summed E-state index contributed by atoms with van der Waals surface area (Å²) < 4.78 is 45.8. The van der Waals surface area contributed by atoms with E-state index in [0.717, 1.165) is 38.7 Å². The number of carbonyl (C=O) groups excluding carboxylic acids is 3. The molecule has 1 unspecified atom stereocenters. The van der Waals surface area contributed by atoms with Crippen LogP contribution in [0.25, 0.3) is 33.4 Å². The number of anilines is 1. The number of rotatable bonds is 18. The smallest absolute Gasteiger partial charge is 0.339 e. The van der Waals surface area contributed by atoms with Crippen LogP contribution < -0.4 is 26.4 Å². The van der Waals surface area contributed by atoms with Crippen molar-refractivity contribution in [1.82, 2.24) is 25.6 Å². The topological polar surface area (TPSA) is 280 Å². The zero-order valence-electron chi connectivity index (χ0n) is 32.6. The number of esters is 1. The molecule has 0 saturated carbocycles. The van der Waals surface area contributed by atoms with Crippen molar-refractivity contribution in [2.45, 2.75) is 45.9 Å². The van der Waals surface area contributed by atoms with E-state index in [1.807, 2.05) is 69.4 Å². The summed E-state index contributed by atoms with van der Waals surface area (Å²) in [5.41, 5.74) is 5.55. The first-order chi connectivity index (χ1) is 28.1. The van der Waals surface area contributed by atoms with Crippen LogP contribution in [0.2, 0.25) is 0 Å². The minimum atomic E-state index is -5.00. The lowest BCUT2D eigenvalue weighted by molar-refractivity contribution is -0.222. The number of carboxylic acid groups (broad SMARTS) is 1. The summed E-state index contributed by atoms with van der Waals surface area (Å²) in [6.45, 7) is 7.01. The van der Waals surface area contributed by atoms with Gasteiger partial charge in [0.25, 0.3) is 16.0 Å². The van der Waals surface area contributed by atoms with E-state index >= 15 is 0 Å². The van der Waals surface area contributed by atoms with Crippen molar-refractivity contribution in [3.8, 4) is 22.5 Å². The molecule has 2 aliphatic rings. The normalized spacial score (nSPS) is 12.7. The lowest BCUT2D eigenvalue weighted by Crippen LogP contribution is -2.48. The zero-order chi connectivity index (χ0) is 42.9. The van der Waals surface area contributed by atoms with Crippen LogP contribution in [0.5, 0.6) is 0 Å². The minimum absolute atomic E-state index is 0.0151. The number of nitrogens with zero attached hydrogens (tertiary/aromatic N) is 5. The molecule has 5 N–H and O–H groups in total. The molecule has 0 fully saturated rings. The van der Waals surface area contributed by atoms with Crippen LogP contribution >= 0.6 is 0 Å². The molecule has 59 heavy (non-hydrogen) atoms. The van der Waals surface area contributed by atoms with Gasteiger partial charge in [-0.3, -0.25) is 28.6 Å². The highest BCUT2D eigenvalue weighted by Gasteiger charge is 2.32. The van der Waals surface area contributed by atoms with Gasteiger partial charge in [0.05, 0.1) is 17.1 Å². The van der Waals surface area contributed by atoms with Crippen LogP contribution in [-0.2, 0) is 31.0 Å². The van der Waals surface area contributed by atoms with E-state index in [9.17, 15) is 37.3 Å². The Morgan fingerprint density at radius 3 is 2.51 bits per heavy atom. The van der Waals surface area contributed by atoms with Crippen LogP contribution in [0.4, 0.5) is 5.69 Å². The number of fused-ring (bicyclic) bond motifs is 2. The molecule has 1 aliphatic carbocycles. The maximum absolute atomic E-state index is 13.6. The van der Waals surface area contributed by atoms with Crippen LogP contribution in [0.15, 0.2) is 69.1 Å². The Kier molecular flexibility index (Phi) is 14.1. The van der Waals surface area contributed by atoms with Crippen LogP contribution in [0.3, 0.4) is 0 Å². The van der Waals surface area contributed by atoms with Gasteiger partial charge in [0.2, 0.25) is 5.91 Å². The van der Waals surface area contributed by atoms with Gasteiger partial charge >= 0.3 is 11.9 Å². The highest BCUT2D eigenvalue weighted by atomic mass is 32.2. The number of carboxylic acids is 1. The molecule has 1 aliphatic heterocycles. The van der Waals surface area contributed by atoms with Gasteiger partial charge in [-0.15, -0.1) is 5.10 Å². The van der Waals surface area contributed by atoms with Crippen molar-refractivity contribution in [3.05, 3.63) is 82.5 Å². The van der Waals surface area contributed by atoms with Gasteiger partial charge in [-0.2, -0.15) is 8.42 Å². The van der Waals surface area contributed by atoms with Crippen molar-refractivity contribution >= 4 is 56.4 Å². The fourth-order valence-electron chi connectivity index (χ4n) is 6.16. The van der Waals surface area contributed by atoms with Gasteiger partial charge in [-0.25, -0.2) is 4.79 Å². The Morgan fingerprint density at radius 1 is 1.03 bits per heavy atom. The summed E-state index contributed by atoms with van der Waals surface area (Å²) >= 11 is 0. The molecule has 0 spiro atoms. The molecule has 2 amide bonds. The number of ether oxygens (including phenoxy) is 1. The second kappa shape index (κ2) is 19.2. The monoisotopic (exact) mass is 831 g/mol. The molecule has 312 valence electrons. The second-order valence-electron chi connectivity index (χ2n) is 13.2. The first-order valence-electron chi connectivity index (χ1n) is 18.5. The van der Waals surface area contributed by atoms with E-state index in [4.69, 9.17) is 14.3 Å². The number of nitrogens with one attached hydrogen (secondary N) is 3. The van der Waals surface area contributed by atoms with E-state index in [-0.39, 0.29) is 30.8 Å². The third-order valence-corrected chi connectivity index (χ3v) is 10.0. The molecule has 20 heteroatoms. The van der Waals surface area contributed by atoms with Gasteiger partial charge in [0.1, 0.15) is 24.5 Å². The molecule has 3 aromatic rings. The Morgan fingerprint density at radius 2 is 1.80 bits per heavy atom. The molecular weight excluding hydrogens is 789 g/mol. The maximum Gasteiger partial charge on any atom is 0.339 e. The molecular formula is C39H43N8O11S-. The molecule has 5 rings (SSSR count). The first-order valence-corrected chi connectivity index (χ1v) is 20.0. The summed E-state index contributed by atoms with van der Waals surface area (Å²) in [4.78, 5) is 57.4. The van der Waals surface area contributed by atoms with Crippen molar-refractivity contribution in [2.24, 2.45) is 9.98 Å². The number of carbonyl (C=O) groups is 4. The summed E-state index contributed by atoms with van der Waals surface area (Å²) in [5, 5.41) is 35.6. The number of aryl methyl sites for hydroxylation is 3. The van der Waals surface area contributed by atoms with Gasteiger partial charge < -0.3 is 40.3 Å². The van der Waals surface area contributed by atoms with E-state index in [1.54, 1.807) is 12.1 Å². The number of amides is 2. The maximum atomic E-state index is 13.6. The lowest BCUT2D eigenvalue weighted by atomic mass is 9.89. The molecule has 0 radical (unpaired) electrons. The fourth-order valence-corrected chi connectivity index (χ4v) is 6.81. The second-order valence-corrected chi connectivity index (χ2v) is 14.8. The molecule has 0 bridgehead atoms. The lowest BCUT2D eigenvalue weighted by Gasteiger charge is -2.20. The third kappa shape index (κ3) is 10.8. The molecule has 2 heterocycles. The van der Waals surface area contributed by atoms with E-state index in [2.05, 4.69) is 30.9 Å². The summed E-state index contributed by atoms with van der Waals surface area (Å²) in [7, 11) is -5.00. The summed E-state index contributed by atoms with van der Waals surface area (Å²) in [6, 6.07) is 14.8. The predicted molar refractivity (Wildman–Crippen MR) is 214 cm³/mol. The van der Waals surface area contributed by atoms with Crippen LogP contribution in [0, 0.1) is 13.8 Å². The predicted octanol–water partition coefficient (Wildman–Crippen LogP) is 1.96. The number of benzene rings is 3. The van der Waals surface area contributed by atoms with Gasteiger partial charge in [0.15, 0.2) is 10.9 Å². The SMILES string of the molecule is CCN=c1cc2oc3cc(NCC)c(C)cc3c(-c3ccccc3C(=O)OCC([O-])=NCCCn3cc(C(=O)NCC(C(=O)NCC(=O)O)S(=O)(=O)O)nn3)c-2cc1C. The fraction of sp³-hybridized carbons (Fsp3) is 0.333. The Balaban J connectivity index is 1.24. The first kappa shape index (κ1) is 43.5. The minimum Gasteiger partial charge on any atom is -0.860 e. The zero-order valence-corrected chi connectivity index (χ0v) is 33.5. The quantitative estimate of drug-likeness (QED) is 0.0211.